The van der Waals surface area contributed by atoms with Gasteiger partial charge in [0.15, 0.2) is 0 Å². The number of rotatable bonds is 4. The standard InChI is InChI=1S/C13H13ClN2O3/c1-13(2,12(18)19)6-11(17)16-10-5-8(7-15)3-4-9(10)14/h3-5H,6H2,1-2H3,(H,16,17)(H,18,19). The minimum absolute atomic E-state index is 0.185. The molecule has 0 aromatic heterocycles. The lowest BCUT2D eigenvalue weighted by Crippen LogP contribution is -2.29. The molecule has 0 fully saturated rings. The fourth-order valence-corrected chi connectivity index (χ4v) is 1.53. The van der Waals surface area contributed by atoms with Crippen LogP contribution < -0.4 is 5.32 Å². The molecule has 0 heterocycles. The number of benzene rings is 1. The first kappa shape index (κ1) is 15.0. The molecule has 1 aromatic carbocycles. The number of carbonyl (C=O) groups is 2. The fraction of sp³-hybridized carbons (Fsp3) is 0.308. The Labute approximate surface area is 115 Å². The van der Waals surface area contributed by atoms with Gasteiger partial charge in [0, 0.05) is 6.42 Å². The summed E-state index contributed by atoms with van der Waals surface area (Å²) in [7, 11) is 0. The van der Waals surface area contributed by atoms with Crippen LogP contribution in [0.5, 0.6) is 0 Å². The minimum atomic E-state index is -1.16. The number of carbonyl (C=O) groups excluding carboxylic acids is 1. The molecule has 1 aromatic rings. The number of nitrogens with one attached hydrogen (secondary N) is 1. The van der Waals surface area contributed by atoms with E-state index >= 15 is 0 Å². The highest BCUT2D eigenvalue weighted by molar-refractivity contribution is 6.33. The van der Waals surface area contributed by atoms with Gasteiger partial charge >= 0.3 is 5.97 Å². The Balaban J connectivity index is 2.84. The monoisotopic (exact) mass is 280 g/mol. The highest BCUT2D eigenvalue weighted by atomic mass is 35.5. The third-order valence-corrected chi connectivity index (χ3v) is 2.88. The first-order valence-electron chi connectivity index (χ1n) is 5.49. The highest BCUT2D eigenvalue weighted by Gasteiger charge is 2.30. The van der Waals surface area contributed by atoms with Gasteiger partial charge in [-0.3, -0.25) is 9.59 Å². The van der Waals surface area contributed by atoms with Gasteiger partial charge in [-0.1, -0.05) is 11.6 Å². The predicted molar refractivity (Wildman–Crippen MR) is 70.8 cm³/mol. The van der Waals surface area contributed by atoms with E-state index in [4.69, 9.17) is 22.0 Å². The number of aliphatic carboxylic acids is 1. The number of nitriles is 1. The summed E-state index contributed by atoms with van der Waals surface area (Å²) in [5, 5.41) is 20.5. The summed E-state index contributed by atoms with van der Waals surface area (Å²) in [5.41, 5.74) is -0.507. The molecule has 5 nitrogen and oxygen atoms in total. The van der Waals surface area contributed by atoms with Gasteiger partial charge in [-0.05, 0) is 32.0 Å². The van der Waals surface area contributed by atoms with Gasteiger partial charge in [0.05, 0.1) is 27.8 Å². The van der Waals surface area contributed by atoms with E-state index in [1.54, 1.807) is 0 Å². The lowest BCUT2D eigenvalue weighted by Gasteiger charge is -2.18. The SMILES string of the molecule is CC(C)(CC(=O)Nc1cc(C#N)ccc1Cl)C(=O)O. The third kappa shape index (κ3) is 3.97. The van der Waals surface area contributed by atoms with Crippen molar-refractivity contribution in [2.75, 3.05) is 5.32 Å². The van der Waals surface area contributed by atoms with Crippen molar-refractivity contribution in [1.29, 1.82) is 5.26 Å². The third-order valence-electron chi connectivity index (χ3n) is 2.55. The molecule has 1 amide bonds. The van der Waals surface area contributed by atoms with Crippen molar-refractivity contribution >= 4 is 29.2 Å². The van der Waals surface area contributed by atoms with Crippen molar-refractivity contribution in [1.82, 2.24) is 0 Å². The Hall–Kier alpha value is -2.06. The van der Waals surface area contributed by atoms with E-state index in [1.807, 2.05) is 6.07 Å². The molecule has 0 saturated carbocycles. The van der Waals surface area contributed by atoms with Crippen LogP contribution in [0.15, 0.2) is 18.2 Å². The van der Waals surface area contributed by atoms with Crippen molar-refractivity contribution in [3.63, 3.8) is 0 Å². The molecule has 19 heavy (non-hydrogen) atoms. The molecule has 0 unspecified atom stereocenters. The molecule has 0 bridgehead atoms. The van der Waals surface area contributed by atoms with E-state index in [2.05, 4.69) is 5.32 Å². The fourth-order valence-electron chi connectivity index (χ4n) is 1.36. The second-order valence-corrected chi connectivity index (χ2v) is 5.13. The van der Waals surface area contributed by atoms with Crippen molar-refractivity contribution in [2.24, 2.45) is 5.41 Å². The Bertz CT molecular complexity index is 561. The number of amides is 1. The summed E-state index contributed by atoms with van der Waals surface area (Å²) < 4.78 is 0. The maximum Gasteiger partial charge on any atom is 0.309 e. The Kier molecular flexibility index (Phi) is 4.52. The minimum Gasteiger partial charge on any atom is -0.481 e. The van der Waals surface area contributed by atoms with Crippen LogP contribution in [0.4, 0.5) is 5.69 Å². The first-order chi connectivity index (χ1) is 8.76. The maximum absolute atomic E-state index is 11.8. The van der Waals surface area contributed by atoms with Crippen molar-refractivity contribution in [3.8, 4) is 6.07 Å². The Morgan fingerprint density at radius 1 is 1.47 bits per heavy atom. The van der Waals surface area contributed by atoms with Crippen LogP contribution in [0, 0.1) is 16.7 Å². The molecule has 0 aliphatic rings. The van der Waals surface area contributed by atoms with Gasteiger partial charge in [-0.25, -0.2) is 0 Å². The molecule has 0 aliphatic heterocycles. The lowest BCUT2D eigenvalue weighted by atomic mass is 9.89. The molecule has 2 N–H and O–H groups in total. The van der Waals surface area contributed by atoms with Crippen LogP contribution >= 0.6 is 11.6 Å². The van der Waals surface area contributed by atoms with Crippen LogP contribution in [0.2, 0.25) is 5.02 Å². The molecule has 6 heteroatoms. The van der Waals surface area contributed by atoms with Crippen LogP contribution in [-0.4, -0.2) is 17.0 Å². The van der Waals surface area contributed by atoms with Gasteiger partial charge in [0.25, 0.3) is 0 Å². The molecule has 0 atom stereocenters. The van der Waals surface area contributed by atoms with Gasteiger partial charge in [0.1, 0.15) is 0 Å². The Morgan fingerprint density at radius 3 is 2.63 bits per heavy atom. The normalized spacial score (nSPS) is 10.6. The zero-order valence-electron chi connectivity index (χ0n) is 10.5. The van der Waals surface area contributed by atoms with Crippen molar-refractivity contribution < 1.29 is 14.7 Å². The second-order valence-electron chi connectivity index (χ2n) is 4.72. The summed E-state index contributed by atoms with van der Waals surface area (Å²) >= 11 is 5.89. The van der Waals surface area contributed by atoms with E-state index in [0.717, 1.165) is 0 Å². The smallest absolute Gasteiger partial charge is 0.309 e. The molecule has 1 rings (SSSR count). The van der Waals surface area contributed by atoms with Crippen molar-refractivity contribution in [3.05, 3.63) is 28.8 Å². The molecular formula is C13H13ClN2O3. The van der Waals surface area contributed by atoms with Crippen molar-refractivity contribution in [2.45, 2.75) is 20.3 Å². The quantitative estimate of drug-likeness (QED) is 0.887. The van der Waals surface area contributed by atoms with E-state index in [-0.39, 0.29) is 6.42 Å². The number of hydrogen-bond donors (Lipinski definition) is 2. The predicted octanol–water partition coefficient (Wildman–Crippen LogP) is 2.65. The number of carboxylic acid groups (broad SMARTS) is 1. The number of hydrogen-bond acceptors (Lipinski definition) is 3. The molecule has 0 radical (unpaired) electrons. The van der Waals surface area contributed by atoms with Gasteiger partial charge in [0.2, 0.25) is 5.91 Å². The summed E-state index contributed by atoms with van der Waals surface area (Å²) in [4.78, 5) is 22.7. The summed E-state index contributed by atoms with van der Waals surface area (Å²) in [6.45, 7) is 2.92. The number of halogens is 1. The van der Waals surface area contributed by atoms with Crippen LogP contribution in [0.3, 0.4) is 0 Å². The highest BCUT2D eigenvalue weighted by Crippen LogP contribution is 2.25. The zero-order chi connectivity index (χ0) is 14.6. The summed E-state index contributed by atoms with van der Waals surface area (Å²) in [6, 6.07) is 6.39. The van der Waals surface area contributed by atoms with Crippen LogP contribution in [-0.2, 0) is 9.59 Å². The van der Waals surface area contributed by atoms with Crippen LogP contribution in [0.1, 0.15) is 25.8 Å². The number of carboxylic acids is 1. The van der Waals surface area contributed by atoms with E-state index in [9.17, 15) is 9.59 Å². The largest absolute Gasteiger partial charge is 0.481 e. The van der Waals surface area contributed by atoms with Gasteiger partial charge in [-0.2, -0.15) is 5.26 Å². The van der Waals surface area contributed by atoms with E-state index in [1.165, 1.54) is 32.0 Å². The van der Waals surface area contributed by atoms with Gasteiger partial charge in [-0.15, -0.1) is 0 Å². The topological polar surface area (TPSA) is 90.2 Å². The average Bonchev–Trinajstić information content (AvgIpc) is 2.31. The van der Waals surface area contributed by atoms with E-state index in [0.29, 0.717) is 16.3 Å². The molecule has 100 valence electrons. The number of nitrogens with zero attached hydrogens (tertiary/aromatic N) is 1. The average molecular weight is 281 g/mol. The first-order valence-corrected chi connectivity index (χ1v) is 5.87. The lowest BCUT2D eigenvalue weighted by molar-refractivity contribution is -0.148. The number of anilines is 1. The van der Waals surface area contributed by atoms with E-state index < -0.39 is 17.3 Å². The zero-order valence-corrected chi connectivity index (χ0v) is 11.3. The second kappa shape index (κ2) is 5.72. The van der Waals surface area contributed by atoms with Crippen LogP contribution in [0.25, 0.3) is 0 Å². The molecule has 0 spiro atoms. The summed E-state index contributed by atoms with van der Waals surface area (Å²) in [5.74, 6) is -1.52. The molecule has 0 saturated heterocycles. The molecular weight excluding hydrogens is 268 g/mol. The Morgan fingerprint density at radius 2 is 2.11 bits per heavy atom. The maximum atomic E-state index is 11.8. The summed E-state index contributed by atoms with van der Waals surface area (Å²) in [6.07, 6.45) is -0.185. The molecule has 0 aliphatic carbocycles. The van der Waals surface area contributed by atoms with Gasteiger partial charge < -0.3 is 10.4 Å².